The Labute approximate surface area is 223 Å². The third-order valence-electron chi connectivity index (χ3n) is 6.58. The predicted molar refractivity (Wildman–Crippen MR) is 148 cm³/mol. The van der Waals surface area contributed by atoms with Gasteiger partial charge in [-0.2, -0.15) is 0 Å². The van der Waals surface area contributed by atoms with Crippen LogP contribution in [-0.4, -0.2) is 71.4 Å². The number of pyridine rings is 1. The highest BCUT2D eigenvalue weighted by molar-refractivity contribution is 7.12. The van der Waals surface area contributed by atoms with E-state index >= 15 is 0 Å². The smallest absolute Gasteiger partial charge is 0.333 e. The number of nitrogens with one attached hydrogen (secondary N) is 3. The molecular weight excluding hydrogens is 506 g/mol. The Hall–Kier alpha value is -3.74. The van der Waals surface area contributed by atoms with Crippen molar-refractivity contribution in [3.05, 3.63) is 58.2 Å². The number of carbonyl (C=O) groups is 1. The maximum atomic E-state index is 13.1. The number of hydrogen-bond acceptors (Lipinski definition) is 9. The molecule has 3 N–H and O–H groups in total. The number of nitrogens with zero attached hydrogens (tertiary/aromatic N) is 4. The second kappa shape index (κ2) is 10.6. The van der Waals surface area contributed by atoms with Crippen molar-refractivity contribution in [1.82, 2.24) is 24.8 Å². The Morgan fingerprint density at radius 2 is 2.08 bits per heavy atom. The molecule has 200 valence electrons. The monoisotopic (exact) mass is 537 g/mol. The summed E-state index contributed by atoms with van der Waals surface area (Å²) in [4.78, 5) is 39.8. The van der Waals surface area contributed by atoms with Crippen molar-refractivity contribution >= 4 is 39.7 Å². The van der Waals surface area contributed by atoms with E-state index in [2.05, 4.69) is 37.4 Å². The maximum Gasteiger partial charge on any atom is 0.333 e. The van der Waals surface area contributed by atoms with Crippen LogP contribution in [-0.2, 0) is 4.74 Å². The standard InChI is InChI=1S/C25H27N7O4S.CH4/c1-25(13-35-14-25)15-36-20-4-2-3-19-21(20)30-23(34)32(19)24-29-17(12-37-24)22(33)28-16-11-27-6-5-18(16)31-9-7-26-8-10-31;/h2-6,11-12,26H,7-10,13-15H2,1H3,(H,28,33)(H,30,34);1H4. The van der Waals surface area contributed by atoms with Gasteiger partial charge in [0, 0.05) is 43.2 Å². The van der Waals surface area contributed by atoms with E-state index in [-0.39, 0.29) is 30.1 Å². The average molecular weight is 538 g/mol. The quantitative estimate of drug-likeness (QED) is 0.329. The molecule has 6 rings (SSSR count). The van der Waals surface area contributed by atoms with Gasteiger partial charge in [0.15, 0.2) is 5.13 Å². The Kier molecular flexibility index (Phi) is 7.19. The average Bonchev–Trinajstić information content (AvgIpc) is 3.51. The van der Waals surface area contributed by atoms with Crippen molar-refractivity contribution in [3.63, 3.8) is 0 Å². The molecule has 0 radical (unpaired) electrons. The zero-order valence-corrected chi connectivity index (χ0v) is 21.1. The third kappa shape index (κ3) is 4.89. The summed E-state index contributed by atoms with van der Waals surface area (Å²) < 4.78 is 12.8. The van der Waals surface area contributed by atoms with E-state index in [1.54, 1.807) is 17.8 Å². The van der Waals surface area contributed by atoms with Crippen LogP contribution in [0.2, 0.25) is 0 Å². The van der Waals surface area contributed by atoms with Crippen LogP contribution in [0.5, 0.6) is 5.75 Å². The molecule has 4 aromatic rings. The van der Waals surface area contributed by atoms with Gasteiger partial charge in [-0.05, 0) is 18.2 Å². The fourth-order valence-corrected chi connectivity index (χ4v) is 5.34. The Morgan fingerprint density at radius 3 is 2.84 bits per heavy atom. The highest BCUT2D eigenvalue weighted by atomic mass is 32.1. The van der Waals surface area contributed by atoms with E-state index < -0.39 is 0 Å². The number of hydrogen-bond donors (Lipinski definition) is 3. The van der Waals surface area contributed by atoms with Gasteiger partial charge in [-0.25, -0.2) is 14.3 Å². The minimum atomic E-state index is -0.361. The third-order valence-corrected chi connectivity index (χ3v) is 7.40. The van der Waals surface area contributed by atoms with Gasteiger partial charge in [-0.1, -0.05) is 20.4 Å². The predicted octanol–water partition coefficient (Wildman–Crippen LogP) is 2.88. The first-order chi connectivity index (χ1) is 18.0. The first-order valence-corrected chi connectivity index (χ1v) is 13.0. The molecule has 2 aliphatic rings. The topological polar surface area (TPSA) is 126 Å². The van der Waals surface area contributed by atoms with Gasteiger partial charge in [-0.3, -0.25) is 9.78 Å². The van der Waals surface area contributed by atoms with E-state index in [1.165, 1.54) is 15.9 Å². The lowest BCUT2D eigenvalue weighted by Crippen LogP contribution is -2.44. The molecule has 0 spiro atoms. The first kappa shape index (κ1) is 25.9. The van der Waals surface area contributed by atoms with Crippen molar-refractivity contribution in [2.75, 3.05) is 56.2 Å². The molecular formula is C26H31N7O4S. The van der Waals surface area contributed by atoms with Gasteiger partial charge in [0.25, 0.3) is 5.91 Å². The highest BCUT2D eigenvalue weighted by Crippen LogP contribution is 2.31. The molecule has 0 bridgehead atoms. The van der Waals surface area contributed by atoms with Crippen LogP contribution in [0, 0.1) is 5.41 Å². The molecule has 0 aliphatic carbocycles. The Morgan fingerprint density at radius 1 is 1.26 bits per heavy atom. The van der Waals surface area contributed by atoms with Gasteiger partial charge in [-0.15, -0.1) is 11.3 Å². The van der Waals surface area contributed by atoms with Crippen molar-refractivity contribution in [2.45, 2.75) is 14.4 Å². The number of para-hydroxylation sites is 1. The second-order valence-electron chi connectivity index (χ2n) is 9.61. The number of benzene rings is 1. The number of carbonyl (C=O) groups excluding carboxylic acids is 1. The number of ether oxygens (including phenoxy) is 2. The summed E-state index contributed by atoms with van der Waals surface area (Å²) in [5, 5.41) is 8.31. The van der Waals surface area contributed by atoms with Gasteiger partial charge >= 0.3 is 5.69 Å². The van der Waals surface area contributed by atoms with Crippen molar-refractivity contribution in [1.29, 1.82) is 0 Å². The number of aromatic amines is 1. The molecule has 0 atom stereocenters. The summed E-state index contributed by atoms with van der Waals surface area (Å²) in [5.41, 5.74) is 2.62. The second-order valence-corrected chi connectivity index (χ2v) is 10.4. The fraction of sp³-hybridized carbons (Fsp3) is 0.385. The largest absolute Gasteiger partial charge is 0.491 e. The molecule has 38 heavy (non-hydrogen) atoms. The molecule has 0 unspecified atom stereocenters. The molecule has 2 saturated heterocycles. The lowest BCUT2D eigenvalue weighted by Gasteiger charge is -2.37. The molecule has 12 heteroatoms. The van der Waals surface area contributed by atoms with Crippen LogP contribution in [0.15, 0.2) is 46.8 Å². The number of piperazine rings is 1. The van der Waals surface area contributed by atoms with Crippen LogP contribution in [0.25, 0.3) is 16.2 Å². The van der Waals surface area contributed by atoms with E-state index in [4.69, 9.17) is 9.47 Å². The van der Waals surface area contributed by atoms with Crippen molar-refractivity contribution in [3.8, 4) is 10.9 Å². The molecule has 2 aliphatic heterocycles. The minimum Gasteiger partial charge on any atom is -0.491 e. The van der Waals surface area contributed by atoms with Gasteiger partial charge in [0.1, 0.15) is 17.0 Å². The van der Waals surface area contributed by atoms with Gasteiger partial charge in [0.2, 0.25) is 0 Å². The van der Waals surface area contributed by atoms with E-state index in [9.17, 15) is 9.59 Å². The summed E-state index contributed by atoms with van der Waals surface area (Å²) >= 11 is 1.22. The zero-order valence-electron chi connectivity index (χ0n) is 20.3. The minimum absolute atomic E-state index is 0. The normalized spacial score (nSPS) is 16.5. The van der Waals surface area contributed by atoms with E-state index in [1.807, 2.05) is 24.3 Å². The zero-order chi connectivity index (χ0) is 25.4. The number of thiazole rings is 1. The molecule has 5 heterocycles. The van der Waals surface area contributed by atoms with Gasteiger partial charge < -0.3 is 30.0 Å². The fourth-order valence-electron chi connectivity index (χ4n) is 4.52. The molecule has 1 aromatic carbocycles. The Balaban J connectivity index is 0.00000294. The molecule has 11 nitrogen and oxygen atoms in total. The number of anilines is 2. The van der Waals surface area contributed by atoms with Crippen LogP contribution >= 0.6 is 11.3 Å². The number of amides is 1. The van der Waals surface area contributed by atoms with Gasteiger partial charge in [0.05, 0.1) is 42.9 Å². The first-order valence-electron chi connectivity index (χ1n) is 12.1. The van der Waals surface area contributed by atoms with Crippen molar-refractivity contribution < 1.29 is 14.3 Å². The van der Waals surface area contributed by atoms with Crippen molar-refractivity contribution in [2.24, 2.45) is 5.41 Å². The maximum absolute atomic E-state index is 13.1. The molecule has 0 saturated carbocycles. The number of aromatic nitrogens is 4. The Bertz CT molecular complexity index is 1500. The molecule has 1 amide bonds. The van der Waals surface area contributed by atoms with E-state index in [0.29, 0.717) is 47.4 Å². The number of imidazole rings is 1. The number of fused-ring (bicyclic) bond motifs is 1. The number of H-pyrrole nitrogens is 1. The summed E-state index contributed by atoms with van der Waals surface area (Å²) in [5.74, 6) is 0.229. The SMILES string of the molecule is C.CC1(COc2cccc3c2[nH]c(=O)n3-c2nc(C(=O)Nc3cnccc3N3CCNCC3)cs2)COC1. The van der Waals surface area contributed by atoms with Crippen LogP contribution in [0.1, 0.15) is 24.8 Å². The van der Waals surface area contributed by atoms with Crippen LogP contribution in [0.4, 0.5) is 11.4 Å². The van der Waals surface area contributed by atoms with E-state index in [0.717, 1.165) is 31.9 Å². The summed E-state index contributed by atoms with van der Waals surface area (Å²) in [6.45, 7) is 7.35. The highest BCUT2D eigenvalue weighted by Gasteiger charge is 2.34. The van der Waals surface area contributed by atoms with Crippen LogP contribution < -0.4 is 26.0 Å². The van der Waals surface area contributed by atoms with Crippen LogP contribution in [0.3, 0.4) is 0 Å². The lowest BCUT2D eigenvalue weighted by atomic mass is 9.90. The molecule has 2 fully saturated rings. The summed E-state index contributed by atoms with van der Waals surface area (Å²) in [7, 11) is 0. The molecule has 3 aromatic heterocycles. The lowest BCUT2D eigenvalue weighted by molar-refractivity contribution is -0.120. The number of rotatable bonds is 7. The summed E-state index contributed by atoms with van der Waals surface area (Å²) in [6.07, 6.45) is 3.36. The summed E-state index contributed by atoms with van der Waals surface area (Å²) in [6, 6.07) is 7.39.